The van der Waals surface area contributed by atoms with Crippen molar-refractivity contribution in [3.8, 4) is 17.0 Å². The van der Waals surface area contributed by atoms with Gasteiger partial charge in [-0.2, -0.15) is 0 Å². The first-order valence-corrected chi connectivity index (χ1v) is 15.1. The van der Waals surface area contributed by atoms with Crippen LogP contribution in [0.5, 0.6) is 5.88 Å². The summed E-state index contributed by atoms with van der Waals surface area (Å²) in [5.41, 5.74) is 5.12. The molecule has 5 rings (SSSR count). The lowest BCUT2D eigenvalue weighted by atomic mass is 9.73. The van der Waals surface area contributed by atoms with Gasteiger partial charge in [0.1, 0.15) is 5.41 Å². The highest BCUT2D eigenvalue weighted by molar-refractivity contribution is 6.00. The fourth-order valence-electron chi connectivity index (χ4n) is 6.48. The van der Waals surface area contributed by atoms with Crippen molar-refractivity contribution < 1.29 is 14.3 Å². The summed E-state index contributed by atoms with van der Waals surface area (Å²) in [5.74, 6) is 0.521. The quantitative estimate of drug-likeness (QED) is 0.316. The molecule has 1 aliphatic carbocycles. The number of amides is 2. The number of fused-ring (bicyclic) bond motifs is 3. The molecule has 1 atom stereocenters. The summed E-state index contributed by atoms with van der Waals surface area (Å²) in [6.45, 7) is 11.6. The molecule has 2 heterocycles. The molecule has 1 unspecified atom stereocenters. The van der Waals surface area contributed by atoms with Crippen LogP contribution in [0.4, 0.5) is 0 Å². The summed E-state index contributed by atoms with van der Waals surface area (Å²) in [5, 5.41) is 6.51. The number of likely N-dealkylation sites (tertiary alicyclic amines) is 1. The van der Waals surface area contributed by atoms with E-state index >= 15 is 0 Å². The van der Waals surface area contributed by atoms with Crippen molar-refractivity contribution in [2.24, 2.45) is 5.41 Å². The van der Waals surface area contributed by atoms with E-state index in [9.17, 15) is 9.59 Å². The standard InChI is InChI=1S/C35H44N4O3/c1-24-26(16-17-31(37-24)42-5)32(40)38-25-18-21-39(22-25)20-11-10-19-35(33(41)36-23-34(2,3)4)29-14-8-6-12-27(29)28-13-7-9-15-30(28)35/h6-9,12-17,25H,10-11,18-23H2,1-5H3,(H,36,41)(H,38,40). The number of ether oxygens (including phenoxy) is 1. The predicted octanol–water partition coefficient (Wildman–Crippen LogP) is 5.50. The number of hydrogen-bond acceptors (Lipinski definition) is 5. The fraction of sp³-hybridized carbons (Fsp3) is 0.457. The van der Waals surface area contributed by atoms with Crippen LogP contribution in [0, 0.1) is 12.3 Å². The average molecular weight is 569 g/mol. The van der Waals surface area contributed by atoms with Gasteiger partial charge in [-0.25, -0.2) is 4.98 Å². The Labute approximate surface area is 250 Å². The summed E-state index contributed by atoms with van der Waals surface area (Å²) >= 11 is 0. The van der Waals surface area contributed by atoms with Crippen LogP contribution in [-0.4, -0.2) is 61.0 Å². The van der Waals surface area contributed by atoms with Crippen LogP contribution in [0.25, 0.3) is 11.1 Å². The van der Waals surface area contributed by atoms with Gasteiger partial charge in [-0.1, -0.05) is 75.7 Å². The zero-order valence-corrected chi connectivity index (χ0v) is 25.6. The second-order valence-electron chi connectivity index (χ2n) is 12.9. The Kier molecular flexibility index (Phi) is 8.69. The highest BCUT2D eigenvalue weighted by Gasteiger charge is 2.48. The lowest BCUT2D eigenvalue weighted by Crippen LogP contribution is -2.46. The van der Waals surface area contributed by atoms with Crippen molar-refractivity contribution >= 4 is 11.8 Å². The van der Waals surface area contributed by atoms with E-state index in [1.54, 1.807) is 19.2 Å². The van der Waals surface area contributed by atoms with E-state index in [0.717, 1.165) is 56.4 Å². The normalized spacial score (nSPS) is 17.4. The van der Waals surface area contributed by atoms with E-state index in [1.807, 2.05) is 6.92 Å². The number of aryl methyl sites for hydroxylation is 1. The van der Waals surface area contributed by atoms with Crippen LogP contribution in [0.3, 0.4) is 0 Å². The lowest BCUT2D eigenvalue weighted by molar-refractivity contribution is -0.126. The molecule has 0 bridgehead atoms. The number of benzene rings is 2. The van der Waals surface area contributed by atoms with Crippen LogP contribution in [0.1, 0.15) is 73.6 Å². The van der Waals surface area contributed by atoms with E-state index in [1.165, 1.54) is 11.1 Å². The number of carbonyl (C=O) groups is 2. The average Bonchev–Trinajstić information content (AvgIpc) is 3.54. The minimum atomic E-state index is -0.690. The van der Waals surface area contributed by atoms with Crippen molar-refractivity contribution in [3.05, 3.63) is 83.0 Å². The van der Waals surface area contributed by atoms with Crippen LogP contribution >= 0.6 is 0 Å². The van der Waals surface area contributed by atoms with Gasteiger partial charge in [0.05, 0.1) is 18.4 Å². The minimum Gasteiger partial charge on any atom is -0.481 e. The largest absolute Gasteiger partial charge is 0.481 e. The third kappa shape index (κ3) is 6.07. The van der Waals surface area contributed by atoms with Gasteiger partial charge < -0.3 is 20.3 Å². The van der Waals surface area contributed by atoms with Gasteiger partial charge in [0.15, 0.2) is 0 Å². The zero-order valence-electron chi connectivity index (χ0n) is 25.6. The van der Waals surface area contributed by atoms with Gasteiger partial charge in [-0.05, 0) is 66.5 Å². The van der Waals surface area contributed by atoms with E-state index in [0.29, 0.717) is 23.7 Å². The second kappa shape index (κ2) is 12.3. The van der Waals surface area contributed by atoms with Crippen LogP contribution in [0.15, 0.2) is 60.7 Å². The van der Waals surface area contributed by atoms with E-state index in [4.69, 9.17) is 4.74 Å². The summed E-state index contributed by atoms with van der Waals surface area (Å²) < 4.78 is 5.16. The van der Waals surface area contributed by atoms with Gasteiger partial charge >= 0.3 is 0 Å². The third-order valence-corrected chi connectivity index (χ3v) is 8.63. The van der Waals surface area contributed by atoms with Crippen LogP contribution < -0.4 is 15.4 Å². The molecular weight excluding hydrogens is 524 g/mol. The first kappa shape index (κ1) is 29.8. The molecule has 1 aliphatic heterocycles. The molecule has 2 amide bonds. The molecule has 2 aromatic carbocycles. The van der Waals surface area contributed by atoms with Crippen molar-refractivity contribution in [2.75, 3.05) is 33.3 Å². The summed E-state index contributed by atoms with van der Waals surface area (Å²) in [6.07, 6.45) is 3.60. The molecule has 0 saturated carbocycles. The SMILES string of the molecule is COc1ccc(C(=O)NC2CCN(CCCCC3(C(=O)NCC(C)(C)C)c4ccccc4-c4ccccc43)C2)c(C)n1. The van der Waals surface area contributed by atoms with Crippen molar-refractivity contribution in [1.82, 2.24) is 20.5 Å². The number of nitrogens with zero attached hydrogens (tertiary/aromatic N) is 2. The smallest absolute Gasteiger partial charge is 0.253 e. The molecule has 3 aromatic rings. The van der Waals surface area contributed by atoms with Gasteiger partial charge in [0.2, 0.25) is 11.8 Å². The first-order chi connectivity index (χ1) is 20.1. The summed E-state index contributed by atoms with van der Waals surface area (Å²) in [4.78, 5) is 33.8. The van der Waals surface area contributed by atoms with Crippen molar-refractivity contribution in [3.63, 3.8) is 0 Å². The van der Waals surface area contributed by atoms with Crippen LogP contribution in [0.2, 0.25) is 0 Å². The molecule has 222 valence electrons. The lowest BCUT2D eigenvalue weighted by Gasteiger charge is -2.32. The molecular formula is C35H44N4O3. The molecule has 1 fully saturated rings. The summed E-state index contributed by atoms with van der Waals surface area (Å²) in [6, 6.07) is 20.4. The third-order valence-electron chi connectivity index (χ3n) is 8.63. The fourth-order valence-corrected chi connectivity index (χ4v) is 6.48. The second-order valence-corrected chi connectivity index (χ2v) is 12.9. The topological polar surface area (TPSA) is 83.6 Å². The number of nitrogens with one attached hydrogen (secondary N) is 2. The highest BCUT2D eigenvalue weighted by Crippen LogP contribution is 2.51. The molecule has 0 radical (unpaired) electrons. The first-order valence-electron chi connectivity index (χ1n) is 15.1. The molecule has 7 heteroatoms. The van der Waals surface area contributed by atoms with Crippen molar-refractivity contribution in [1.29, 1.82) is 0 Å². The maximum Gasteiger partial charge on any atom is 0.253 e. The maximum atomic E-state index is 14.1. The van der Waals surface area contributed by atoms with E-state index in [-0.39, 0.29) is 23.3 Å². The maximum absolute atomic E-state index is 14.1. The van der Waals surface area contributed by atoms with Gasteiger partial charge in [-0.3, -0.25) is 9.59 Å². The van der Waals surface area contributed by atoms with Gasteiger partial charge in [0, 0.05) is 31.7 Å². The number of pyridine rings is 1. The molecule has 1 aromatic heterocycles. The number of aromatic nitrogens is 1. The monoisotopic (exact) mass is 568 g/mol. The van der Waals surface area contributed by atoms with Gasteiger partial charge in [-0.15, -0.1) is 0 Å². The number of hydrogen-bond donors (Lipinski definition) is 2. The zero-order chi connectivity index (χ0) is 29.9. The Morgan fingerprint density at radius 2 is 1.67 bits per heavy atom. The number of methoxy groups -OCH3 is 1. The van der Waals surface area contributed by atoms with Gasteiger partial charge in [0.25, 0.3) is 5.91 Å². The van der Waals surface area contributed by atoms with E-state index < -0.39 is 5.41 Å². The number of unbranched alkanes of at least 4 members (excludes halogenated alkanes) is 1. The highest BCUT2D eigenvalue weighted by atomic mass is 16.5. The molecule has 2 N–H and O–H groups in total. The predicted molar refractivity (Wildman–Crippen MR) is 167 cm³/mol. The Morgan fingerprint density at radius 3 is 2.29 bits per heavy atom. The molecule has 42 heavy (non-hydrogen) atoms. The summed E-state index contributed by atoms with van der Waals surface area (Å²) in [7, 11) is 1.57. The van der Waals surface area contributed by atoms with Crippen molar-refractivity contribution in [2.45, 2.75) is 64.8 Å². The van der Waals surface area contributed by atoms with Crippen LogP contribution in [-0.2, 0) is 10.2 Å². The molecule has 1 saturated heterocycles. The number of carbonyl (C=O) groups excluding carboxylic acids is 2. The molecule has 7 nitrogen and oxygen atoms in total. The van der Waals surface area contributed by atoms with E-state index in [2.05, 4.69) is 89.8 Å². The molecule has 2 aliphatic rings. The Hall–Kier alpha value is -3.71. The number of rotatable bonds is 10. The Balaban J connectivity index is 1.22. The molecule has 0 spiro atoms. The minimum absolute atomic E-state index is 0.00120. The Bertz CT molecular complexity index is 1400. The Morgan fingerprint density at radius 1 is 1.00 bits per heavy atom.